The van der Waals surface area contributed by atoms with Crippen LogP contribution in [0.5, 0.6) is 5.75 Å². The van der Waals surface area contributed by atoms with Crippen LogP contribution in [0.15, 0.2) is 42.5 Å². The third kappa shape index (κ3) is 2.65. The molecular formula is C16H15FO2. The summed E-state index contributed by atoms with van der Waals surface area (Å²) in [6.07, 6.45) is 0.778. The topological polar surface area (TPSA) is 26.3 Å². The van der Waals surface area contributed by atoms with Crippen LogP contribution in [-0.4, -0.2) is 12.9 Å². The number of hydrogen-bond donors (Lipinski definition) is 0. The Kier molecular flexibility index (Phi) is 3.95. The Morgan fingerprint density at radius 1 is 1.21 bits per heavy atom. The van der Waals surface area contributed by atoms with E-state index in [4.69, 9.17) is 4.74 Å². The molecule has 0 atom stereocenters. The molecule has 0 aliphatic carbocycles. The third-order valence-electron chi connectivity index (χ3n) is 3.06. The number of carbonyl (C=O) groups excluding carboxylic acids is 1. The van der Waals surface area contributed by atoms with Gasteiger partial charge < -0.3 is 4.74 Å². The van der Waals surface area contributed by atoms with Gasteiger partial charge in [-0.25, -0.2) is 4.39 Å². The number of ether oxygens (including phenoxy) is 1. The predicted molar refractivity (Wildman–Crippen MR) is 72.2 cm³/mol. The first-order valence-corrected chi connectivity index (χ1v) is 6.13. The van der Waals surface area contributed by atoms with E-state index in [1.807, 2.05) is 25.1 Å². The summed E-state index contributed by atoms with van der Waals surface area (Å²) in [4.78, 5) is 12.4. The fourth-order valence-corrected chi connectivity index (χ4v) is 2.01. The summed E-state index contributed by atoms with van der Waals surface area (Å²) < 4.78 is 18.2. The van der Waals surface area contributed by atoms with Crippen LogP contribution in [0, 0.1) is 5.82 Å². The lowest BCUT2D eigenvalue weighted by atomic mass is 9.97. The quantitative estimate of drug-likeness (QED) is 0.783. The Balaban J connectivity index is 2.44. The Hall–Kier alpha value is -2.16. The van der Waals surface area contributed by atoms with Gasteiger partial charge in [0.2, 0.25) is 0 Å². The van der Waals surface area contributed by atoms with E-state index >= 15 is 0 Å². The molecule has 0 aliphatic heterocycles. The van der Waals surface area contributed by atoms with Gasteiger partial charge in [-0.15, -0.1) is 0 Å². The molecule has 0 radical (unpaired) electrons. The summed E-state index contributed by atoms with van der Waals surface area (Å²) in [5, 5.41) is 0. The van der Waals surface area contributed by atoms with Crippen LogP contribution in [0.1, 0.15) is 28.4 Å². The average molecular weight is 258 g/mol. The number of aryl methyl sites for hydroxylation is 1. The first-order valence-electron chi connectivity index (χ1n) is 6.13. The average Bonchev–Trinajstić information content (AvgIpc) is 2.47. The number of benzene rings is 2. The van der Waals surface area contributed by atoms with Crippen LogP contribution in [0.2, 0.25) is 0 Å². The molecule has 98 valence electrons. The summed E-state index contributed by atoms with van der Waals surface area (Å²) in [5.74, 6) is -0.501. The third-order valence-corrected chi connectivity index (χ3v) is 3.06. The summed E-state index contributed by atoms with van der Waals surface area (Å²) in [6, 6.07) is 11.6. The number of ketones is 1. The molecule has 2 aromatic carbocycles. The van der Waals surface area contributed by atoms with Gasteiger partial charge in [0.15, 0.2) is 17.3 Å². The van der Waals surface area contributed by atoms with Crippen molar-refractivity contribution in [2.24, 2.45) is 0 Å². The van der Waals surface area contributed by atoms with E-state index in [-0.39, 0.29) is 11.5 Å². The molecule has 0 saturated heterocycles. The van der Waals surface area contributed by atoms with Crippen LogP contribution in [-0.2, 0) is 6.42 Å². The van der Waals surface area contributed by atoms with Gasteiger partial charge in [-0.3, -0.25) is 4.79 Å². The zero-order valence-corrected chi connectivity index (χ0v) is 10.9. The van der Waals surface area contributed by atoms with Gasteiger partial charge in [-0.2, -0.15) is 0 Å². The van der Waals surface area contributed by atoms with Crippen LogP contribution >= 0.6 is 0 Å². The second kappa shape index (κ2) is 5.65. The Bertz CT molecular complexity index is 605. The first kappa shape index (κ1) is 13.3. The largest absolute Gasteiger partial charge is 0.494 e. The standard InChI is InChI=1S/C16H15FO2/c1-3-11-6-4-5-7-13(11)16(18)12-8-9-14(17)15(10-12)19-2/h4-10H,3H2,1-2H3. The van der Waals surface area contributed by atoms with Crippen molar-refractivity contribution in [1.29, 1.82) is 0 Å². The van der Waals surface area contributed by atoms with Gasteiger partial charge in [0, 0.05) is 11.1 Å². The molecule has 0 aliphatic rings. The van der Waals surface area contributed by atoms with Crippen LogP contribution in [0.25, 0.3) is 0 Å². The van der Waals surface area contributed by atoms with Gasteiger partial charge in [0.05, 0.1) is 7.11 Å². The van der Waals surface area contributed by atoms with E-state index in [2.05, 4.69) is 0 Å². The highest BCUT2D eigenvalue weighted by Crippen LogP contribution is 2.21. The molecular weight excluding hydrogens is 243 g/mol. The molecule has 0 aromatic heterocycles. The molecule has 2 rings (SSSR count). The maximum atomic E-state index is 13.3. The lowest BCUT2D eigenvalue weighted by molar-refractivity contribution is 0.103. The van der Waals surface area contributed by atoms with Gasteiger partial charge in [0.1, 0.15) is 0 Å². The van der Waals surface area contributed by atoms with E-state index in [1.165, 1.54) is 25.3 Å². The summed E-state index contributed by atoms with van der Waals surface area (Å²) in [7, 11) is 1.38. The summed E-state index contributed by atoms with van der Waals surface area (Å²) in [5.41, 5.74) is 2.06. The van der Waals surface area contributed by atoms with Crippen molar-refractivity contribution in [3.05, 3.63) is 65.0 Å². The Morgan fingerprint density at radius 2 is 1.95 bits per heavy atom. The van der Waals surface area contributed by atoms with E-state index in [9.17, 15) is 9.18 Å². The van der Waals surface area contributed by atoms with Crippen molar-refractivity contribution in [3.8, 4) is 5.75 Å². The fraction of sp³-hybridized carbons (Fsp3) is 0.188. The van der Waals surface area contributed by atoms with E-state index in [0.29, 0.717) is 11.1 Å². The van der Waals surface area contributed by atoms with Crippen LogP contribution in [0.3, 0.4) is 0 Å². The number of halogens is 1. The monoisotopic (exact) mass is 258 g/mol. The zero-order chi connectivity index (χ0) is 13.8. The SMILES string of the molecule is CCc1ccccc1C(=O)c1ccc(F)c(OC)c1. The van der Waals surface area contributed by atoms with E-state index < -0.39 is 5.82 Å². The normalized spacial score (nSPS) is 10.3. The van der Waals surface area contributed by atoms with Crippen LogP contribution in [0.4, 0.5) is 4.39 Å². The Morgan fingerprint density at radius 3 is 2.63 bits per heavy atom. The molecule has 0 amide bonds. The molecule has 3 heteroatoms. The molecule has 0 heterocycles. The summed E-state index contributed by atoms with van der Waals surface area (Å²) in [6.45, 7) is 2.00. The molecule has 0 saturated carbocycles. The van der Waals surface area contributed by atoms with Crippen molar-refractivity contribution in [1.82, 2.24) is 0 Å². The molecule has 0 N–H and O–H groups in total. The number of hydrogen-bond acceptors (Lipinski definition) is 2. The van der Waals surface area contributed by atoms with E-state index in [0.717, 1.165) is 12.0 Å². The lowest BCUT2D eigenvalue weighted by Gasteiger charge is -2.08. The number of methoxy groups -OCH3 is 1. The van der Waals surface area contributed by atoms with Gasteiger partial charge in [-0.05, 0) is 30.2 Å². The summed E-state index contributed by atoms with van der Waals surface area (Å²) >= 11 is 0. The van der Waals surface area contributed by atoms with Crippen molar-refractivity contribution >= 4 is 5.78 Å². The van der Waals surface area contributed by atoms with Gasteiger partial charge >= 0.3 is 0 Å². The predicted octanol–water partition coefficient (Wildman–Crippen LogP) is 3.63. The lowest BCUT2D eigenvalue weighted by Crippen LogP contribution is -2.05. The second-order valence-electron chi connectivity index (χ2n) is 4.19. The smallest absolute Gasteiger partial charge is 0.193 e. The fourth-order valence-electron chi connectivity index (χ4n) is 2.01. The highest BCUT2D eigenvalue weighted by Gasteiger charge is 2.14. The van der Waals surface area contributed by atoms with Crippen molar-refractivity contribution in [2.75, 3.05) is 7.11 Å². The minimum atomic E-state index is -0.470. The maximum Gasteiger partial charge on any atom is 0.193 e. The maximum absolute atomic E-state index is 13.3. The number of carbonyl (C=O) groups is 1. The van der Waals surface area contributed by atoms with Gasteiger partial charge in [0.25, 0.3) is 0 Å². The highest BCUT2D eigenvalue weighted by molar-refractivity contribution is 6.10. The minimum absolute atomic E-state index is 0.0832. The molecule has 0 bridgehead atoms. The molecule has 19 heavy (non-hydrogen) atoms. The van der Waals surface area contributed by atoms with Crippen molar-refractivity contribution in [2.45, 2.75) is 13.3 Å². The molecule has 0 spiro atoms. The number of rotatable bonds is 4. The Labute approximate surface area is 111 Å². The van der Waals surface area contributed by atoms with Crippen molar-refractivity contribution < 1.29 is 13.9 Å². The second-order valence-corrected chi connectivity index (χ2v) is 4.19. The molecule has 2 nitrogen and oxygen atoms in total. The first-order chi connectivity index (χ1) is 9.17. The van der Waals surface area contributed by atoms with Gasteiger partial charge in [-0.1, -0.05) is 31.2 Å². The van der Waals surface area contributed by atoms with Crippen molar-refractivity contribution in [3.63, 3.8) is 0 Å². The van der Waals surface area contributed by atoms with E-state index in [1.54, 1.807) is 6.07 Å². The highest BCUT2D eigenvalue weighted by atomic mass is 19.1. The van der Waals surface area contributed by atoms with Crippen LogP contribution < -0.4 is 4.74 Å². The molecule has 0 unspecified atom stereocenters. The molecule has 0 fully saturated rings. The zero-order valence-electron chi connectivity index (χ0n) is 10.9. The minimum Gasteiger partial charge on any atom is -0.494 e. The molecule has 2 aromatic rings.